The number of carbonyl (C=O) groups excluding carboxylic acids is 2. The molecule has 2 aromatic rings. The Morgan fingerprint density at radius 3 is 2.29 bits per heavy atom. The fourth-order valence-corrected chi connectivity index (χ4v) is 4.29. The second-order valence-corrected chi connectivity index (χ2v) is 10.8. The van der Waals surface area contributed by atoms with Crippen molar-refractivity contribution in [1.29, 1.82) is 0 Å². The maximum absolute atomic E-state index is 13.6. The van der Waals surface area contributed by atoms with Gasteiger partial charge in [0.05, 0.1) is 17.0 Å². The Hall–Kier alpha value is -2.65. The molecule has 2 amide bonds. The summed E-state index contributed by atoms with van der Waals surface area (Å²) in [7, 11) is -3.91. The van der Waals surface area contributed by atoms with Crippen molar-refractivity contribution >= 4 is 39.1 Å². The summed E-state index contributed by atoms with van der Waals surface area (Å²) in [5.41, 5.74) is 1.03. The maximum atomic E-state index is 13.6. The zero-order valence-electron chi connectivity index (χ0n) is 19.8. The monoisotopic (exact) mass is 511 g/mol. The van der Waals surface area contributed by atoms with Crippen molar-refractivity contribution in [3.05, 3.63) is 64.9 Å². The van der Waals surface area contributed by atoms with Crippen LogP contribution < -0.4 is 9.62 Å². The Labute approximate surface area is 205 Å². The third-order valence-electron chi connectivity index (χ3n) is 5.21. The largest absolute Gasteiger partial charge is 0.354 e. The summed E-state index contributed by atoms with van der Waals surface area (Å²) < 4.78 is 39.4. The van der Waals surface area contributed by atoms with Gasteiger partial charge in [-0.05, 0) is 43.0 Å². The average Bonchev–Trinajstić information content (AvgIpc) is 2.77. The van der Waals surface area contributed by atoms with Gasteiger partial charge in [0.25, 0.3) is 0 Å². The zero-order chi connectivity index (χ0) is 25.5. The van der Waals surface area contributed by atoms with Gasteiger partial charge >= 0.3 is 0 Å². The number of amides is 2. The molecule has 0 fully saturated rings. The molecule has 34 heavy (non-hydrogen) atoms. The Balaban J connectivity index is 2.31. The fourth-order valence-electron chi connectivity index (χ4n) is 3.28. The predicted molar refractivity (Wildman–Crippen MR) is 133 cm³/mol. The molecule has 1 atom stereocenters. The lowest BCUT2D eigenvalue weighted by Crippen LogP contribution is -2.52. The topological polar surface area (TPSA) is 86.8 Å². The zero-order valence-corrected chi connectivity index (χ0v) is 21.4. The Kier molecular flexibility index (Phi) is 9.88. The Bertz CT molecular complexity index is 1100. The number of benzene rings is 2. The SMILES string of the molecule is CC(C)CNC(=O)C(C)N(CCc1ccccc1)C(=O)CN(c1ccc(F)c(Cl)c1)S(C)(=O)=O. The lowest BCUT2D eigenvalue weighted by Gasteiger charge is -2.31. The molecule has 1 unspecified atom stereocenters. The van der Waals surface area contributed by atoms with Crippen molar-refractivity contribution in [1.82, 2.24) is 10.2 Å². The Morgan fingerprint density at radius 2 is 1.74 bits per heavy atom. The van der Waals surface area contributed by atoms with E-state index in [-0.39, 0.29) is 29.1 Å². The molecule has 186 valence electrons. The first-order valence-corrected chi connectivity index (χ1v) is 13.2. The molecule has 0 aliphatic rings. The van der Waals surface area contributed by atoms with Crippen LogP contribution in [-0.2, 0) is 26.0 Å². The molecule has 1 N–H and O–H groups in total. The van der Waals surface area contributed by atoms with E-state index in [4.69, 9.17) is 11.6 Å². The van der Waals surface area contributed by atoms with Crippen molar-refractivity contribution in [2.24, 2.45) is 5.92 Å². The molecule has 0 aliphatic carbocycles. The minimum atomic E-state index is -3.91. The summed E-state index contributed by atoms with van der Waals surface area (Å²) in [6, 6.07) is 12.1. The summed E-state index contributed by atoms with van der Waals surface area (Å²) in [5, 5.41) is 2.56. The molecule has 0 aliphatic heterocycles. The van der Waals surface area contributed by atoms with Gasteiger partial charge < -0.3 is 10.2 Å². The average molecular weight is 512 g/mol. The summed E-state index contributed by atoms with van der Waals surface area (Å²) in [4.78, 5) is 27.5. The summed E-state index contributed by atoms with van der Waals surface area (Å²) >= 11 is 5.83. The third kappa shape index (κ3) is 7.99. The molecular weight excluding hydrogens is 481 g/mol. The molecule has 2 rings (SSSR count). The van der Waals surface area contributed by atoms with Crippen LogP contribution in [0.3, 0.4) is 0 Å². The summed E-state index contributed by atoms with van der Waals surface area (Å²) in [5.74, 6) is -1.36. The minimum absolute atomic E-state index is 0.0576. The van der Waals surface area contributed by atoms with Crippen molar-refractivity contribution in [2.45, 2.75) is 33.2 Å². The number of hydrogen-bond acceptors (Lipinski definition) is 4. The molecule has 0 spiro atoms. The van der Waals surface area contributed by atoms with Gasteiger partial charge in [-0.2, -0.15) is 0 Å². The first kappa shape index (κ1) is 27.6. The number of anilines is 1. The second-order valence-electron chi connectivity index (χ2n) is 8.51. The van der Waals surface area contributed by atoms with E-state index in [1.54, 1.807) is 6.92 Å². The smallest absolute Gasteiger partial charge is 0.244 e. The van der Waals surface area contributed by atoms with Crippen molar-refractivity contribution in [3.8, 4) is 0 Å². The number of sulfonamides is 1. The van der Waals surface area contributed by atoms with Gasteiger partial charge in [-0.15, -0.1) is 0 Å². The van der Waals surface area contributed by atoms with E-state index in [9.17, 15) is 22.4 Å². The molecule has 0 radical (unpaired) electrons. The van der Waals surface area contributed by atoms with Crippen molar-refractivity contribution in [3.63, 3.8) is 0 Å². The second kappa shape index (κ2) is 12.2. The molecule has 10 heteroatoms. The number of nitrogens with zero attached hydrogens (tertiary/aromatic N) is 2. The molecule has 0 heterocycles. The lowest BCUT2D eigenvalue weighted by molar-refractivity contribution is -0.138. The van der Waals surface area contributed by atoms with Gasteiger partial charge in [0.2, 0.25) is 21.8 Å². The highest BCUT2D eigenvalue weighted by Crippen LogP contribution is 2.24. The van der Waals surface area contributed by atoms with E-state index in [0.717, 1.165) is 28.3 Å². The predicted octanol–water partition coefficient (Wildman–Crippen LogP) is 3.48. The first-order valence-electron chi connectivity index (χ1n) is 10.9. The van der Waals surface area contributed by atoms with Gasteiger partial charge in [0.15, 0.2) is 0 Å². The molecule has 0 saturated heterocycles. The van der Waals surface area contributed by atoms with Crippen LogP contribution in [0.2, 0.25) is 5.02 Å². The van der Waals surface area contributed by atoms with E-state index >= 15 is 0 Å². The quantitative estimate of drug-likeness (QED) is 0.500. The molecule has 2 aromatic carbocycles. The fraction of sp³-hybridized carbons (Fsp3) is 0.417. The highest BCUT2D eigenvalue weighted by atomic mass is 35.5. The van der Waals surface area contributed by atoms with Gasteiger partial charge in [-0.3, -0.25) is 13.9 Å². The van der Waals surface area contributed by atoms with Crippen LogP contribution in [0, 0.1) is 11.7 Å². The first-order chi connectivity index (χ1) is 15.9. The van der Waals surface area contributed by atoms with E-state index in [1.165, 1.54) is 11.0 Å². The molecule has 0 bridgehead atoms. The van der Waals surface area contributed by atoms with E-state index < -0.39 is 34.3 Å². The normalized spacial score (nSPS) is 12.3. The Morgan fingerprint density at radius 1 is 1.09 bits per heavy atom. The van der Waals surface area contributed by atoms with Gasteiger partial charge in [-0.1, -0.05) is 55.8 Å². The van der Waals surface area contributed by atoms with E-state index in [2.05, 4.69) is 5.32 Å². The third-order valence-corrected chi connectivity index (χ3v) is 6.64. The number of nitrogens with one attached hydrogen (secondary N) is 1. The minimum Gasteiger partial charge on any atom is -0.354 e. The summed E-state index contributed by atoms with van der Waals surface area (Å²) in [6.07, 6.45) is 1.43. The van der Waals surface area contributed by atoms with Crippen LogP contribution in [0.1, 0.15) is 26.3 Å². The number of rotatable bonds is 11. The molecule has 0 saturated carbocycles. The van der Waals surface area contributed by atoms with E-state index in [1.807, 2.05) is 44.2 Å². The highest BCUT2D eigenvalue weighted by Gasteiger charge is 2.30. The van der Waals surface area contributed by atoms with Crippen LogP contribution in [-0.4, -0.2) is 57.1 Å². The van der Waals surface area contributed by atoms with Crippen molar-refractivity contribution in [2.75, 3.05) is 30.2 Å². The standard InChI is InChI=1S/C24H31ClFN3O4S/c1-17(2)15-27-24(31)18(3)28(13-12-19-8-6-5-7-9-19)23(30)16-29(34(4,32)33)20-10-11-22(26)21(25)14-20/h5-11,14,17-18H,12-13,15-16H2,1-4H3,(H,27,31). The van der Waals surface area contributed by atoms with Gasteiger partial charge in [0.1, 0.15) is 18.4 Å². The highest BCUT2D eigenvalue weighted by molar-refractivity contribution is 7.92. The van der Waals surface area contributed by atoms with E-state index in [0.29, 0.717) is 13.0 Å². The molecule has 0 aromatic heterocycles. The van der Waals surface area contributed by atoms with Crippen LogP contribution in [0.5, 0.6) is 0 Å². The van der Waals surface area contributed by atoms with Crippen LogP contribution in [0.25, 0.3) is 0 Å². The maximum Gasteiger partial charge on any atom is 0.244 e. The molecular formula is C24H31ClFN3O4S. The van der Waals surface area contributed by atoms with Gasteiger partial charge in [-0.25, -0.2) is 12.8 Å². The van der Waals surface area contributed by atoms with Crippen LogP contribution in [0.4, 0.5) is 10.1 Å². The van der Waals surface area contributed by atoms with Crippen LogP contribution >= 0.6 is 11.6 Å². The molecule has 7 nitrogen and oxygen atoms in total. The summed E-state index contributed by atoms with van der Waals surface area (Å²) in [6.45, 7) is 5.63. The number of halogens is 2. The van der Waals surface area contributed by atoms with Crippen LogP contribution in [0.15, 0.2) is 48.5 Å². The number of carbonyl (C=O) groups is 2. The lowest BCUT2D eigenvalue weighted by atomic mass is 10.1. The van der Waals surface area contributed by atoms with Gasteiger partial charge in [0, 0.05) is 13.1 Å². The number of hydrogen-bond donors (Lipinski definition) is 1. The van der Waals surface area contributed by atoms with Crippen molar-refractivity contribution < 1.29 is 22.4 Å².